The lowest BCUT2D eigenvalue weighted by atomic mass is 9.96. The van der Waals surface area contributed by atoms with Crippen molar-refractivity contribution in [3.05, 3.63) is 16.1 Å². The zero-order valence-electron chi connectivity index (χ0n) is 13.7. The van der Waals surface area contributed by atoms with Crippen LogP contribution in [0.3, 0.4) is 0 Å². The van der Waals surface area contributed by atoms with Gasteiger partial charge in [-0.3, -0.25) is 4.79 Å². The Balaban J connectivity index is 1.88. The van der Waals surface area contributed by atoms with E-state index in [1.54, 1.807) is 23.2 Å². The van der Waals surface area contributed by atoms with Crippen LogP contribution >= 0.6 is 11.3 Å². The number of ether oxygens (including phenoxy) is 1. The topological polar surface area (TPSA) is 59.5 Å². The number of Topliss-reactive ketones (excluding diaryl/α,β-unsaturated/α-hetero) is 1. The molecule has 0 aromatic carbocycles. The summed E-state index contributed by atoms with van der Waals surface area (Å²) < 4.78 is 5.41. The fourth-order valence-corrected chi connectivity index (χ4v) is 3.64. The van der Waals surface area contributed by atoms with Gasteiger partial charge in [-0.2, -0.15) is 0 Å². The number of carbonyl (C=O) groups excluding carboxylic acids is 2. The maximum Gasteiger partial charge on any atom is 0.410 e. The van der Waals surface area contributed by atoms with Crippen LogP contribution in [0.2, 0.25) is 0 Å². The van der Waals surface area contributed by atoms with Gasteiger partial charge in [-0.1, -0.05) is 0 Å². The second kappa shape index (κ2) is 6.77. The Labute approximate surface area is 135 Å². The van der Waals surface area contributed by atoms with Crippen LogP contribution < -0.4 is 0 Å². The molecule has 0 N–H and O–H groups in total. The SMILES string of the molecule is CC(=O)Cc1ncc(C2CCN(C(=O)OC(C)(C)C)CC2)s1. The molecule has 1 aromatic heterocycles. The maximum atomic E-state index is 12.0. The third-order valence-corrected chi connectivity index (χ3v) is 4.68. The Morgan fingerprint density at radius 1 is 1.36 bits per heavy atom. The molecule has 0 bridgehead atoms. The highest BCUT2D eigenvalue weighted by atomic mass is 32.1. The number of thiazole rings is 1. The summed E-state index contributed by atoms with van der Waals surface area (Å²) in [6.07, 6.45) is 3.91. The maximum absolute atomic E-state index is 12.0. The van der Waals surface area contributed by atoms with Crippen molar-refractivity contribution in [2.75, 3.05) is 13.1 Å². The zero-order chi connectivity index (χ0) is 16.3. The molecule has 1 aliphatic rings. The van der Waals surface area contributed by atoms with Gasteiger partial charge in [0.25, 0.3) is 0 Å². The molecule has 22 heavy (non-hydrogen) atoms. The molecule has 0 atom stereocenters. The molecule has 1 aromatic rings. The number of aromatic nitrogens is 1. The Hall–Kier alpha value is -1.43. The van der Waals surface area contributed by atoms with Crippen molar-refractivity contribution in [1.82, 2.24) is 9.88 Å². The second-order valence-electron chi connectivity index (χ2n) is 6.78. The average Bonchev–Trinajstić information content (AvgIpc) is 2.84. The van der Waals surface area contributed by atoms with E-state index in [0.29, 0.717) is 25.4 Å². The van der Waals surface area contributed by atoms with Crippen molar-refractivity contribution in [2.45, 2.75) is 58.5 Å². The number of amides is 1. The molecule has 6 heteroatoms. The second-order valence-corrected chi connectivity index (χ2v) is 7.92. The molecule has 2 rings (SSSR count). The number of rotatable bonds is 3. The van der Waals surface area contributed by atoms with Crippen LogP contribution in [-0.4, -0.2) is 40.5 Å². The van der Waals surface area contributed by atoms with E-state index in [4.69, 9.17) is 4.74 Å². The van der Waals surface area contributed by atoms with E-state index in [0.717, 1.165) is 17.8 Å². The summed E-state index contributed by atoms with van der Waals surface area (Å²) in [6.45, 7) is 8.64. The van der Waals surface area contributed by atoms with E-state index in [-0.39, 0.29) is 11.9 Å². The molecule has 0 saturated carbocycles. The van der Waals surface area contributed by atoms with E-state index in [9.17, 15) is 9.59 Å². The minimum absolute atomic E-state index is 0.139. The lowest BCUT2D eigenvalue weighted by molar-refractivity contribution is -0.116. The van der Waals surface area contributed by atoms with Crippen molar-refractivity contribution < 1.29 is 14.3 Å². The van der Waals surface area contributed by atoms with Gasteiger partial charge in [0.1, 0.15) is 16.4 Å². The summed E-state index contributed by atoms with van der Waals surface area (Å²) in [5, 5.41) is 0.886. The Bertz CT molecular complexity index is 540. The van der Waals surface area contributed by atoms with E-state index < -0.39 is 5.60 Å². The summed E-state index contributed by atoms with van der Waals surface area (Å²) in [7, 11) is 0. The lowest BCUT2D eigenvalue weighted by Gasteiger charge is -2.33. The van der Waals surface area contributed by atoms with Crippen molar-refractivity contribution >= 4 is 23.2 Å². The van der Waals surface area contributed by atoms with Crippen LogP contribution in [0.5, 0.6) is 0 Å². The van der Waals surface area contributed by atoms with Crippen LogP contribution in [0.1, 0.15) is 56.3 Å². The largest absolute Gasteiger partial charge is 0.444 e. The fraction of sp³-hybridized carbons (Fsp3) is 0.688. The van der Waals surface area contributed by atoms with Crippen LogP contribution in [0, 0.1) is 0 Å². The van der Waals surface area contributed by atoms with Gasteiger partial charge in [0.2, 0.25) is 0 Å². The number of hydrogen-bond donors (Lipinski definition) is 0. The first-order valence-electron chi connectivity index (χ1n) is 7.66. The molecule has 122 valence electrons. The molecule has 1 fully saturated rings. The molecule has 0 aliphatic carbocycles. The van der Waals surface area contributed by atoms with E-state index in [2.05, 4.69) is 4.98 Å². The minimum atomic E-state index is -0.451. The lowest BCUT2D eigenvalue weighted by Crippen LogP contribution is -2.41. The highest BCUT2D eigenvalue weighted by molar-refractivity contribution is 7.11. The van der Waals surface area contributed by atoms with Gasteiger partial charge in [0.15, 0.2) is 0 Å². The van der Waals surface area contributed by atoms with Gasteiger partial charge < -0.3 is 9.64 Å². The highest BCUT2D eigenvalue weighted by Gasteiger charge is 2.28. The summed E-state index contributed by atoms with van der Waals surface area (Å²) in [6, 6.07) is 0. The summed E-state index contributed by atoms with van der Waals surface area (Å²) in [4.78, 5) is 30.5. The predicted octanol–water partition coefficient (Wildman–Crippen LogP) is 3.39. The molecule has 1 amide bonds. The van der Waals surface area contributed by atoms with Crippen molar-refractivity contribution in [1.29, 1.82) is 0 Å². The number of hydrogen-bond acceptors (Lipinski definition) is 5. The third-order valence-electron chi connectivity index (χ3n) is 3.52. The van der Waals surface area contributed by atoms with E-state index >= 15 is 0 Å². The molecule has 1 saturated heterocycles. The van der Waals surface area contributed by atoms with Crippen molar-refractivity contribution in [3.8, 4) is 0 Å². The summed E-state index contributed by atoms with van der Waals surface area (Å²) >= 11 is 1.62. The summed E-state index contributed by atoms with van der Waals surface area (Å²) in [5.74, 6) is 0.567. The number of piperidine rings is 1. The number of likely N-dealkylation sites (tertiary alicyclic amines) is 1. The first kappa shape index (κ1) is 16.9. The normalized spacial score (nSPS) is 16.6. The smallest absolute Gasteiger partial charge is 0.410 e. The van der Waals surface area contributed by atoms with Gasteiger partial charge >= 0.3 is 6.09 Å². The van der Waals surface area contributed by atoms with Crippen molar-refractivity contribution in [3.63, 3.8) is 0 Å². The summed E-state index contributed by atoms with van der Waals surface area (Å²) in [5.41, 5.74) is -0.451. The Morgan fingerprint density at radius 2 is 2.00 bits per heavy atom. The van der Waals surface area contributed by atoms with Crippen LogP contribution in [-0.2, 0) is 16.0 Å². The zero-order valence-corrected chi connectivity index (χ0v) is 14.5. The number of nitrogens with zero attached hydrogens (tertiary/aromatic N) is 2. The molecular weight excluding hydrogens is 300 g/mol. The third kappa shape index (κ3) is 4.80. The molecule has 0 spiro atoms. The van der Waals surface area contributed by atoms with Gasteiger partial charge in [-0.25, -0.2) is 9.78 Å². The molecule has 0 radical (unpaired) electrons. The molecule has 0 unspecified atom stereocenters. The van der Waals surface area contributed by atoms with Crippen LogP contribution in [0.25, 0.3) is 0 Å². The standard InChI is InChI=1S/C16H24N2O3S/c1-11(19)9-14-17-10-13(22-14)12-5-7-18(8-6-12)15(20)21-16(2,3)4/h10,12H,5-9H2,1-4H3. The van der Waals surface area contributed by atoms with E-state index in [1.165, 1.54) is 4.88 Å². The molecular formula is C16H24N2O3S. The van der Waals surface area contributed by atoms with Gasteiger partial charge in [0, 0.05) is 24.2 Å². The van der Waals surface area contributed by atoms with Crippen LogP contribution in [0.4, 0.5) is 4.79 Å². The molecule has 1 aliphatic heterocycles. The minimum Gasteiger partial charge on any atom is -0.444 e. The fourth-order valence-electron chi connectivity index (χ4n) is 2.48. The van der Waals surface area contributed by atoms with Gasteiger partial charge in [-0.05, 0) is 46.5 Å². The Morgan fingerprint density at radius 3 is 2.55 bits per heavy atom. The number of ketones is 1. The van der Waals surface area contributed by atoms with Crippen molar-refractivity contribution in [2.24, 2.45) is 0 Å². The monoisotopic (exact) mass is 324 g/mol. The Kier molecular flexibility index (Phi) is 5.21. The average molecular weight is 324 g/mol. The molecule has 5 nitrogen and oxygen atoms in total. The number of carbonyl (C=O) groups is 2. The molecule has 2 heterocycles. The van der Waals surface area contributed by atoms with Gasteiger partial charge in [0.05, 0.1) is 6.42 Å². The predicted molar refractivity (Wildman–Crippen MR) is 86.3 cm³/mol. The first-order valence-corrected chi connectivity index (χ1v) is 8.48. The first-order chi connectivity index (χ1) is 10.2. The quantitative estimate of drug-likeness (QED) is 0.855. The van der Waals surface area contributed by atoms with E-state index in [1.807, 2.05) is 27.0 Å². The van der Waals surface area contributed by atoms with Crippen LogP contribution in [0.15, 0.2) is 6.20 Å². The highest BCUT2D eigenvalue weighted by Crippen LogP contribution is 2.32. The van der Waals surface area contributed by atoms with Gasteiger partial charge in [-0.15, -0.1) is 11.3 Å².